The normalized spacial score (nSPS) is 20.0. The molecule has 0 aliphatic heterocycles. The Bertz CT molecular complexity index is 1010. The van der Waals surface area contributed by atoms with Crippen LogP contribution in [0.5, 0.6) is 0 Å². The summed E-state index contributed by atoms with van der Waals surface area (Å²) in [7, 11) is 0. The lowest BCUT2D eigenvalue weighted by molar-refractivity contribution is -0.00258. The maximum absolute atomic E-state index is 12.6. The van der Waals surface area contributed by atoms with E-state index in [0.29, 0.717) is 11.6 Å². The summed E-state index contributed by atoms with van der Waals surface area (Å²) in [5, 5.41) is 13.3. The number of aryl methyl sites for hydroxylation is 1. The first-order valence-corrected chi connectivity index (χ1v) is 10.3. The van der Waals surface area contributed by atoms with Crippen molar-refractivity contribution in [1.29, 1.82) is 0 Å². The van der Waals surface area contributed by atoms with Crippen molar-refractivity contribution in [3.63, 3.8) is 0 Å². The number of amides is 1. The van der Waals surface area contributed by atoms with Crippen LogP contribution in [0.3, 0.4) is 0 Å². The third-order valence-corrected chi connectivity index (χ3v) is 6.06. The van der Waals surface area contributed by atoms with Gasteiger partial charge in [-0.05, 0) is 76.6 Å². The fraction of sp³-hybridized carbons (Fsp3) is 0.435. The second-order valence-corrected chi connectivity index (χ2v) is 8.57. The third kappa shape index (κ3) is 4.03. The molecule has 1 aliphatic rings. The molecule has 6 heteroatoms. The molecule has 0 unspecified atom stereocenters. The first-order valence-electron chi connectivity index (χ1n) is 10.3. The van der Waals surface area contributed by atoms with E-state index < -0.39 is 5.60 Å². The summed E-state index contributed by atoms with van der Waals surface area (Å²) >= 11 is 0. The third-order valence-electron chi connectivity index (χ3n) is 6.06. The molecule has 3 aromatic rings. The van der Waals surface area contributed by atoms with E-state index >= 15 is 0 Å². The smallest absolute Gasteiger partial charge is 0.270 e. The molecule has 1 saturated carbocycles. The fourth-order valence-corrected chi connectivity index (χ4v) is 4.28. The molecule has 3 heterocycles. The monoisotopic (exact) mass is 392 g/mol. The molecule has 29 heavy (non-hydrogen) atoms. The van der Waals surface area contributed by atoms with Gasteiger partial charge in [0, 0.05) is 24.0 Å². The molecule has 0 radical (unpaired) electrons. The highest BCUT2D eigenvalue weighted by Crippen LogP contribution is 2.32. The minimum absolute atomic E-state index is 0.141. The van der Waals surface area contributed by atoms with Gasteiger partial charge in [0.1, 0.15) is 11.5 Å². The van der Waals surface area contributed by atoms with Crippen molar-refractivity contribution in [2.45, 2.75) is 58.1 Å². The predicted molar refractivity (Wildman–Crippen MR) is 113 cm³/mol. The number of carbonyl (C=O) groups is 1. The van der Waals surface area contributed by atoms with Crippen molar-refractivity contribution in [3.05, 3.63) is 54.2 Å². The second-order valence-electron chi connectivity index (χ2n) is 8.57. The lowest BCUT2D eigenvalue weighted by atomic mass is 9.77. The van der Waals surface area contributed by atoms with Crippen molar-refractivity contribution in [2.75, 3.05) is 0 Å². The van der Waals surface area contributed by atoms with Gasteiger partial charge in [0.25, 0.3) is 5.91 Å². The molecule has 1 aliphatic carbocycles. The summed E-state index contributed by atoms with van der Waals surface area (Å²) < 4.78 is 2.04. The van der Waals surface area contributed by atoms with Crippen LogP contribution in [-0.2, 0) is 0 Å². The maximum atomic E-state index is 12.6. The number of hydrogen-bond donors (Lipinski definition) is 2. The van der Waals surface area contributed by atoms with E-state index in [2.05, 4.69) is 15.3 Å². The molecular weight excluding hydrogens is 364 g/mol. The number of rotatable bonds is 4. The van der Waals surface area contributed by atoms with Gasteiger partial charge in [-0.1, -0.05) is 6.07 Å². The van der Waals surface area contributed by atoms with E-state index in [4.69, 9.17) is 0 Å². The molecule has 6 nitrogen and oxygen atoms in total. The van der Waals surface area contributed by atoms with Crippen LogP contribution in [0.2, 0.25) is 0 Å². The van der Waals surface area contributed by atoms with Crippen LogP contribution in [0, 0.1) is 12.8 Å². The number of aliphatic hydroxyl groups is 1. The summed E-state index contributed by atoms with van der Waals surface area (Å²) in [5.41, 5.74) is 2.55. The van der Waals surface area contributed by atoms with Crippen molar-refractivity contribution in [1.82, 2.24) is 19.7 Å². The average Bonchev–Trinajstić information content (AvgIpc) is 3.05. The molecule has 0 aromatic carbocycles. The highest BCUT2D eigenvalue weighted by atomic mass is 16.3. The molecule has 2 N–H and O–H groups in total. The lowest BCUT2D eigenvalue weighted by Crippen LogP contribution is -2.42. The Morgan fingerprint density at radius 3 is 2.59 bits per heavy atom. The van der Waals surface area contributed by atoms with Gasteiger partial charge in [0.05, 0.1) is 16.8 Å². The van der Waals surface area contributed by atoms with Gasteiger partial charge < -0.3 is 14.8 Å². The molecular formula is C23H28N4O2. The number of nitrogens with one attached hydrogen (secondary N) is 1. The molecule has 4 rings (SSSR count). The quantitative estimate of drug-likeness (QED) is 0.708. The maximum Gasteiger partial charge on any atom is 0.270 e. The predicted octanol–water partition coefficient (Wildman–Crippen LogP) is 3.76. The van der Waals surface area contributed by atoms with Gasteiger partial charge in [0.15, 0.2) is 0 Å². The zero-order valence-corrected chi connectivity index (χ0v) is 17.2. The van der Waals surface area contributed by atoms with E-state index in [-0.39, 0.29) is 11.9 Å². The largest absolute Gasteiger partial charge is 0.390 e. The highest BCUT2D eigenvalue weighted by Gasteiger charge is 2.31. The van der Waals surface area contributed by atoms with Crippen LogP contribution in [0.25, 0.3) is 16.8 Å². The van der Waals surface area contributed by atoms with Crippen molar-refractivity contribution in [3.8, 4) is 11.3 Å². The summed E-state index contributed by atoms with van der Waals surface area (Å²) in [5.74, 6) is 1.06. The van der Waals surface area contributed by atoms with Gasteiger partial charge in [-0.25, -0.2) is 4.98 Å². The van der Waals surface area contributed by atoms with E-state index in [1.165, 1.54) is 0 Å². The van der Waals surface area contributed by atoms with Crippen molar-refractivity contribution >= 4 is 11.4 Å². The Kier molecular flexibility index (Phi) is 5.13. The van der Waals surface area contributed by atoms with Crippen molar-refractivity contribution in [2.24, 2.45) is 5.92 Å². The Hall–Kier alpha value is -2.73. The average molecular weight is 393 g/mol. The van der Waals surface area contributed by atoms with Crippen LogP contribution in [0.15, 0.2) is 42.7 Å². The van der Waals surface area contributed by atoms with Crippen LogP contribution in [0.4, 0.5) is 0 Å². The molecule has 1 fully saturated rings. The van der Waals surface area contributed by atoms with E-state index in [1.54, 1.807) is 12.3 Å². The number of fused-ring (bicyclic) bond motifs is 1. The van der Waals surface area contributed by atoms with E-state index in [0.717, 1.165) is 48.3 Å². The summed E-state index contributed by atoms with van der Waals surface area (Å²) in [6, 6.07) is 9.80. The fourth-order valence-electron chi connectivity index (χ4n) is 4.28. The number of aromatic nitrogens is 3. The van der Waals surface area contributed by atoms with Crippen LogP contribution in [0.1, 0.15) is 55.8 Å². The summed E-state index contributed by atoms with van der Waals surface area (Å²) in [4.78, 5) is 21.7. The molecule has 0 bridgehead atoms. The molecule has 152 valence electrons. The van der Waals surface area contributed by atoms with Crippen LogP contribution >= 0.6 is 0 Å². The van der Waals surface area contributed by atoms with Gasteiger partial charge >= 0.3 is 0 Å². The summed E-state index contributed by atoms with van der Waals surface area (Å²) in [6.07, 6.45) is 7.33. The van der Waals surface area contributed by atoms with E-state index in [1.807, 2.05) is 55.6 Å². The number of pyridine rings is 2. The second kappa shape index (κ2) is 7.59. The highest BCUT2D eigenvalue weighted by molar-refractivity contribution is 5.93. The molecule has 0 spiro atoms. The van der Waals surface area contributed by atoms with Crippen molar-refractivity contribution < 1.29 is 9.90 Å². The summed E-state index contributed by atoms with van der Waals surface area (Å²) in [6.45, 7) is 5.71. The minimum Gasteiger partial charge on any atom is -0.390 e. The Balaban J connectivity index is 1.44. The Morgan fingerprint density at radius 2 is 1.93 bits per heavy atom. The van der Waals surface area contributed by atoms with Gasteiger partial charge in [-0.3, -0.25) is 9.78 Å². The van der Waals surface area contributed by atoms with Gasteiger partial charge in [-0.2, -0.15) is 0 Å². The minimum atomic E-state index is -0.651. The number of carbonyl (C=O) groups excluding carboxylic acids is 1. The zero-order chi connectivity index (χ0) is 20.6. The Labute approximate surface area is 171 Å². The number of hydrogen-bond acceptors (Lipinski definition) is 4. The molecule has 3 aromatic heterocycles. The first-order chi connectivity index (χ1) is 13.8. The lowest BCUT2D eigenvalue weighted by Gasteiger charge is -2.36. The molecule has 0 atom stereocenters. The van der Waals surface area contributed by atoms with Gasteiger partial charge in [0.2, 0.25) is 0 Å². The molecule has 0 saturated heterocycles. The van der Waals surface area contributed by atoms with Crippen LogP contribution in [-0.4, -0.2) is 37.0 Å². The SMILES string of the molecule is Cc1nc(-c2ccc(C(=O)NC3CCC(C(C)(C)O)CC3)nc2)c2ccccn12. The number of nitrogens with zero attached hydrogens (tertiary/aromatic N) is 3. The van der Waals surface area contributed by atoms with Crippen LogP contribution < -0.4 is 5.32 Å². The molecule has 1 amide bonds. The topological polar surface area (TPSA) is 79.5 Å². The Morgan fingerprint density at radius 1 is 1.17 bits per heavy atom. The first kappa shape index (κ1) is 19.6. The standard InChI is InChI=1S/C23H28N4O2/c1-15-25-21(20-6-4-5-13-27(15)20)16-7-12-19(24-14-16)22(28)26-18-10-8-17(9-11-18)23(2,3)29/h4-7,12-14,17-18,29H,8-11H2,1-3H3,(H,26,28). The zero-order valence-electron chi connectivity index (χ0n) is 17.2. The van der Waals surface area contributed by atoms with Gasteiger partial charge in [-0.15, -0.1) is 0 Å². The number of imidazole rings is 1. The van der Waals surface area contributed by atoms with E-state index in [9.17, 15) is 9.90 Å².